The van der Waals surface area contributed by atoms with Gasteiger partial charge in [-0.3, -0.25) is 0 Å². The van der Waals surface area contributed by atoms with E-state index in [4.69, 9.17) is 9.47 Å². The summed E-state index contributed by atoms with van der Waals surface area (Å²) >= 11 is 1.48. The number of hydrogen-bond acceptors (Lipinski definition) is 4. The van der Waals surface area contributed by atoms with E-state index in [0.29, 0.717) is 0 Å². The molecule has 0 radical (unpaired) electrons. The van der Waals surface area contributed by atoms with E-state index in [1.165, 1.54) is 11.8 Å². The first kappa shape index (κ1) is 12.6. The summed E-state index contributed by atoms with van der Waals surface area (Å²) in [5.74, 6) is 1.79. The highest BCUT2D eigenvalue weighted by molar-refractivity contribution is 7.99. The van der Waals surface area contributed by atoms with Crippen LogP contribution in [0.25, 0.3) is 0 Å². The fraction of sp³-hybridized carbons (Fsp3) is 0.143. The minimum absolute atomic E-state index is 0.247. The number of aromatic hydroxyl groups is 1. The van der Waals surface area contributed by atoms with Gasteiger partial charge < -0.3 is 14.6 Å². The standard InChI is InChI=1S/C14H14O3S/c1-16-10-3-6-12(7-4-10)18-14-9-11(17-2)5-8-13(14)15/h3-9,15H,1-2H3. The van der Waals surface area contributed by atoms with Crippen LogP contribution in [0.1, 0.15) is 0 Å². The molecule has 1 N–H and O–H groups in total. The van der Waals surface area contributed by atoms with Crippen LogP contribution in [0.5, 0.6) is 17.2 Å². The van der Waals surface area contributed by atoms with Gasteiger partial charge in [0.25, 0.3) is 0 Å². The highest BCUT2D eigenvalue weighted by atomic mass is 32.2. The molecule has 0 fully saturated rings. The minimum atomic E-state index is 0.247. The van der Waals surface area contributed by atoms with E-state index in [0.717, 1.165) is 21.3 Å². The Labute approximate surface area is 110 Å². The van der Waals surface area contributed by atoms with Gasteiger partial charge in [0.2, 0.25) is 0 Å². The van der Waals surface area contributed by atoms with Crippen LogP contribution in [0.3, 0.4) is 0 Å². The Morgan fingerprint density at radius 3 is 2.11 bits per heavy atom. The molecule has 0 aliphatic carbocycles. The van der Waals surface area contributed by atoms with Crippen molar-refractivity contribution in [2.24, 2.45) is 0 Å². The molecule has 0 saturated carbocycles. The van der Waals surface area contributed by atoms with Gasteiger partial charge in [0.1, 0.15) is 17.2 Å². The zero-order chi connectivity index (χ0) is 13.0. The number of phenolic OH excluding ortho intramolecular Hbond substituents is 1. The van der Waals surface area contributed by atoms with Gasteiger partial charge in [-0.25, -0.2) is 0 Å². The Morgan fingerprint density at radius 1 is 0.889 bits per heavy atom. The fourth-order valence-electron chi connectivity index (χ4n) is 1.47. The molecule has 18 heavy (non-hydrogen) atoms. The van der Waals surface area contributed by atoms with E-state index in [9.17, 15) is 5.11 Å². The van der Waals surface area contributed by atoms with Crippen molar-refractivity contribution in [1.29, 1.82) is 0 Å². The minimum Gasteiger partial charge on any atom is -0.507 e. The Kier molecular flexibility index (Phi) is 3.99. The average Bonchev–Trinajstić information content (AvgIpc) is 2.42. The summed E-state index contributed by atoms with van der Waals surface area (Å²) in [4.78, 5) is 1.79. The first-order valence-electron chi connectivity index (χ1n) is 5.42. The molecule has 0 amide bonds. The van der Waals surface area contributed by atoms with Crippen molar-refractivity contribution in [3.8, 4) is 17.2 Å². The van der Waals surface area contributed by atoms with Gasteiger partial charge in [-0.15, -0.1) is 0 Å². The van der Waals surface area contributed by atoms with Crippen molar-refractivity contribution >= 4 is 11.8 Å². The molecule has 0 aliphatic rings. The molecule has 0 aromatic heterocycles. The summed E-state index contributed by atoms with van der Waals surface area (Å²) in [6.07, 6.45) is 0. The third-order valence-corrected chi connectivity index (χ3v) is 3.51. The smallest absolute Gasteiger partial charge is 0.129 e. The molecular weight excluding hydrogens is 248 g/mol. The molecule has 2 rings (SSSR count). The van der Waals surface area contributed by atoms with E-state index in [1.807, 2.05) is 30.3 Å². The summed E-state index contributed by atoms with van der Waals surface area (Å²) in [6.45, 7) is 0. The van der Waals surface area contributed by atoms with E-state index >= 15 is 0 Å². The van der Waals surface area contributed by atoms with Crippen molar-refractivity contribution in [3.05, 3.63) is 42.5 Å². The van der Waals surface area contributed by atoms with Gasteiger partial charge in [0.15, 0.2) is 0 Å². The van der Waals surface area contributed by atoms with Gasteiger partial charge >= 0.3 is 0 Å². The molecule has 0 aliphatic heterocycles. The van der Waals surface area contributed by atoms with Crippen molar-refractivity contribution in [1.82, 2.24) is 0 Å². The molecule has 0 heterocycles. The predicted molar refractivity (Wildman–Crippen MR) is 71.8 cm³/mol. The van der Waals surface area contributed by atoms with Gasteiger partial charge in [0, 0.05) is 4.90 Å². The van der Waals surface area contributed by atoms with Crippen molar-refractivity contribution in [2.75, 3.05) is 14.2 Å². The SMILES string of the molecule is COc1ccc(Sc2cc(OC)ccc2O)cc1. The van der Waals surface area contributed by atoms with Crippen molar-refractivity contribution < 1.29 is 14.6 Å². The second-order valence-electron chi connectivity index (χ2n) is 3.61. The maximum absolute atomic E-state index is 9.79. The lowest BCUT2D eigenvalue weighted by Gasteiger charge is -2.07. The molecule has 94 valence electrons. The van der Waals surface area contributed by atoms with Crippen LogP contribution >= 0.6 is 11.8 Å². The highest BCUT2D eigenvalue weighted by Gasteiger charge is 2.05. The molecule has 3 nitrogen and oxygen atoms in total. The van der Waals surface area contributed by atoms with Crippen LogP contribution in [0.2, 0.25) is 0 Å². The van der Waals surface area contributed by atoms with Crippen LogP contribution in [-0.4, -0.2) is 19.3 Å². The lowest BCUT2D eigenvalue weighted by molar-refractivity contribution is 0.409. The molecule has 0 spiro atoms. The number of hydrogen-bond donors (Lipinski definition) is 1. The number of ether oxygens (including phenoxy) is 2. The number of phenols is 1. The van der Waals surface area contributed by atoms with Crippen LogP contribution in [-0.2, 0) is 0 Å². The molecule has 0 unspecified atom stereocenters. The number of methoxy groups -OCH3 is 2. The summed E-state index contributed by atoms with van der Waals surface area (Å²) in [7, 11) is 3.24. The van der Waals surface area contributed by atoms with Crippen molar-refractivity contribution in [3.63, 3.8) is 0 Å². The largest absolute Gasteiger partial charge is 0.507 e. The third-order valence-electron chi connectivity index (χ3n) is 2.45. The van der Waals surface area contributed by atoms with Gasteiger partial charge in [-0.2, -0.15) is 0 Å². The lowest BCUT2D eigenvalue weighted by Crippen LogP contribution is -1.84. The fourth-order valence-corrected chi connectivity index (χ4v) is 2.35. The summed E-state index contributed by atoms with van der Waals surface area (Å²) in [6, 6.07) is 12.8. The summed E-state index contributed by atoms with van der Waals surface area (Å²) in [5, 5.41) is 9.79. The van der Waals surface area contributed by atoms with E-state index in [1.54, 1.807) is 26.4 Å². The van der Waals surface area contributed by atoms with Gasteiger partial charge in [-0.1, -0.05) is 11.8 Å². The molecule has 4 heteroatoms. The maximum Gasteiger partial charge on any atom is 0.129 e. The average molecular weight is 262 g/mol. The Hall–Kier alpha value is -1.81. The number of benzene rings is 2. The van der Waals surface area contributed by atoms with Crippen LogP contribution in [0, 0.1) is 0 Å². The molecule has 2 aromatic carbocycles. The van der Waals surface area contributed by atoms with Gasteiger partial charge in [0.05, 0.1) is 19.1 Å². The first-order valence-corrected chi connectivity index (χ1v) is 6.23. The highest BCUT2D eigenvalue weighted by Crippen LogP contribution is 2.37. The second kappa shape index (κ2) is 5.69. The Balaban J connectivity index is 2.21. The molecule has 0 saturated heterocycles. The molecule has 2 aromatic rings. The predicted octanol–water partition coefficient (Wildman–Crippen LogP) is 3.56. The second-order valence-corrected chi connectivity index (χ2v) is 4.73. The van der Waals surface area contributed by atoms with E-state index < -0.39 is 0 Å². The van der Waals surface area contributed by atoms with Gasteiger partial charge in [-0.05, 0) is 42.5 Å². The zero-order valence-corrected chi connectivity index (χ0v) is 11.0. The maximum atomic E-state index is 9.79. The van der Waals surface area contributed by atoms with Crippen LogP contribution in [0.4, 0.5) is 0 Å². The normalized spacial score (nSPS) is 10.1. The van der Waals surface area contributed by atoms with Crippen LogP contribution in [0.15, 0.2) is 52.3 Å². The quantitative estimate of drug-likeness (QED) is 0.914. The van der Waals surface area contributed by atoms with E-state index in [-0.39, 0.29) is 5.75 Å². The third kappa shape index (κ3) is 2.90. The Morgan fingerprint density at radius 2 is 1.50 bits per heavy atom. The topological polar surface area (TPSA) is 38.7 Å². The summed E-state index contributed by atoms with van der Waals surface area (Å²) in [5.41, 5.74) is 0. The zero-order valence-electron chi connectivity index (χ0n) is 10.2. The Bertz CT molecular complexity index is 523. The molecular formula is C14H14O3S. The van der Waals surface area contributed by atoms with Crippen molar-refractivity contribution in [2.45, 2.75) is 9.79 Å². The molecule has 0 atom stereocenters. The molecule has 0 bridgehead atoms. The first-order chi connectivity index (χ1) is 8.72. The summed E-state index contributed by atoms with van der Waals surface area (Å²) < 4.78 is 10.2. The van der Waals surface area contributed by atoms with Crippen LogP contribution < -0.4 is 9.47 Å². The lowest BCUT2D eigenvalue weighted by atomic mass is 10.3. The monoisotopic (exact) mass is 262 g/mol. The number of rotatable bonds is 4. The van der Waals surface area contributed by atoms with E-state index in [2.05, 4.69) is 0 Å².